The fourth-order valence-corrected chi connectivity index (χ4v) is 4.92. The molecule has 0 amide bonds. The van der Waals surface area contributed by atoms with Crippen LogP contribution in [0.2, 0.25) is 0 Å². The Morgan fingerprint density at radius 1 is 0.846 bits per heavy atom. The second-order valence-corrected chi connectivity index (χ2v) is 8.65. The number of hydrogen-bond acceptors (Lipinski definition) is 2. The average molecular weight is 363 g/mol. The first kappa shape index (κ1) is 17.0. The molecule has 0 aliphatic carbocycles. The van der Waals surface area contributed by atoms with Gasteiger partial charge in [0, 0.05) is 13.1 Å². The molecule has 3 aromatic carbocycles. The Morgan fingerprint density at radius 3 is 2.31 bits per heavy atom. The monoisotopic (exact) mass is 363 g/mol. The maximum Gasteiger partial charge on any atom is 0.243 e. The molecule has 1 aliphatic heterocycles. The molecule has 0 radical (unpaired) electrons. The van der Waals surface area contributed by atoms with Crippen LogP contribution in [0.25, 0.3) is 11.1 Å². The third-order valence-electron chi connectivity index (χ3n) is 4.98. The van der Waals surface area contributed by atoms with Crippen LogP contribution >= 0.6 is 0 Å². The molecule has 4 rings (SSSR count). The van der Waals surface area contributed by atoms with Crippen LogP contribution in [-0.4, -0.2) is 19.3 Å². The first-order valence-electron chi connectivity index (χ1n) is 8.79. The zero-order chi connectivity index (χ0) is 18.1. The number of benzene rings is 3. The zero-order valence-electron chi connectivity index (χ0n) is 14.7. The van der Waals surface area contributed by atoms with Crippen molar-refractivity contribution in [3.05, 3.63) is 89.5 Å². The van der Waals surface area contributed by atoms with E-state index in [1.807, 2.05) is 37.3 Å². The van der Waals surface area contributed by atoms with E-state index in [2.05, 4.69) is 30.3 Å². The lowest BCUT2D eigenvalue weighted by molar-refractivity contribution is 0.392. The molecule has 0 saturated heterocycles. The van der Waals surface area contributed by atoms with E-state index >= 15 is 0 Å². The Labute approximate surface area is 155 Å². The SMILES string of the molecule is Cc1ccc(S(=O)(=O)N2CCc3cccc(-c4ccccc4)c3C2)cc1. The fraction of sp³-hybridized carbons (Fsp3) is 0.182. The summed E-state index contributed by atoms with van der Waals surface area (Å²) in [5.74, 6) is 0. The van der Waals surface area contributed by atoms with Crippen LogP contribution in [0, 0.1) is 6.92 Å². The smallest absolute Gasteiger partial charge is 0.207 e. The Kier molecular flexibility index (Phi) is 4.39. The highest BCUT2D eigenvalue weighted by Gasteiger charge is 2.29. The summed E-state index contributed by atoms with van der Waals surface area (Å²) in [4.78, 5) is 0.365. The number of sulfonamides is 1. The molecule has 0 fully saturated rings. The van der Waals surface area contributed by atoms with Crippen LogP contribution in [0.15, 0.2) is 77.7 Å². The molecule has 0 saturated carbocycles. The molecule has 0 aromatic heterocycles. The topological polar surface area (TPSA) is 37.4 Å². The van der Waals surface area contributed by atoms with Crippen LogP contribution in [-0.2, 0) is 23.0 Å². The Balaban J connectivity index is 1.73. The van der Waals surface area contributed by atoms with E-state index in [0.29, 0.717) is 18.0 Å². The summed E-state index contributed by atoms with van der Waals surface area (Å²) in [6.45, 7) is 2.89. The van der Waals surface area contributed by atoms with E-state index in [1.54, 1.807) is 16.4 Å². The summed E-state index contributed by atoms with van der Waals surface area (Å²) in [5, 5.41) is 0. The van der Waals surface area contributed by atoms with E-state index in [4.69, 9.17) is 0 Å². The summed E-state index contributed by atoms with van der Waals surface area (Å²) in [6.07, 6.45) is 0.737. The molecule has 1 heterocycles. The van der Waals surface area contributed by atoms with Gasteiger partial charge in [0.25, 0.3) is 0 Å². The van der Waals surface area contributed by atoms with E-state index < -0.39 is 10.0 Å². The van der Waals surface area contributed by atoms with Crippen molar-refractivity contribution >= 4 is 10.0 Å². The molecule has 3 aromatic rings. The summed E-state index contributed by atoms with van der Waals surface area (Å²) in [7, 11) is -3.49. The summed E-state index contributed by atoms with van der Waals surface area (Å²) >= 11 is 0. The van der Waals surface area contributed by atoms with Crippen molar-refractivity contribution in [3.8, 4) is 11.1 Å². The number of hydrogen-bond donors (Lipinski definition) is 0. The van der Waals surface area contributed by atoms with Gasteiger partial charge in [0.2, 0.25) is 10.0 Å². The van der Waals surface area contributed by atoms with Gasteiger partial charge in [0.15, 0.2) is 0 Å². The first-order valence-corrected chi connectivity index (χ1v) is 10.2. The molecule has 0 N–H and O–H groups in total. The lowest BCUT2D eigenvalue weighted by atomic mass is 9.92. The van der Waals surface area contributed by atoms with Gasteiger partial charge in [-0.3, -0.25) is 0 Å². The molecule has 1 aliphatic rings. The third-order valence-corrected chi connectivity index (χ3v) is 6.84. The Morgan fingerprint density at radius 2 is 1.58 bits per heavy atom. The molecule has 0 atom stereocenters. The van der Waals surface area contributed by atoms with Crippen molar-refractivity contribution in [3.63, 3.8) is 0 Å². The van der Waals surface area contributed by atoms with Gasteiger partial charge in [0.1, 0.15) is 0 Å². The second kappa shape index (κ2) is 6.71. The predicted molar refractivity (Wildman–Crippen MR) is 104 cm³/mol. The third kappa shape index (κ3) is 3.06. The minimum Gasteiger partial charge on any atom is -0.207 e. The highest BCUT2D eigenvalue weighted by atomic mass is 32.2. The van der Waals surface area contributed by atoms with Gasteiger partial charge in [-0.05, 0) is 47.7 Å². The van der Waals surface area contributed by atoms with Crippen LogP contribution in [0.1, 0.15) is 16.7 Å². The van der Waals surface area contributed by atoms with E-state index in [0.717, 1.165) is 28.7 Å². The highest BCUT2D eigenvalue weighted by Crippen LogP contribution is 2.32. The van der Waals surface area contributed by atoms with Crippen molar-refractivity contribution < 1.29 is 8.42 Å². The standard InChI is InChI=1S/C22H21NO2S/c1-17-10-12-20(13-11-17)26(24,25)23-15-14-19-8-5-9-21(22(19)16-23)18-6-3-2-4-7-18/h2-13H,14-16H2,1H3. The number of rotatable bonds is 3. The van der Waals surface area contributed by atoms with Gasteiger partial charge >= 0.3 is 0 Å². The van der Waals surface area contributed by atoms with Crippen molar-refractivity contribution in [2.45, 2.75) is 24.8 Å². The lowest BCUT2D eigenvalue weighted by Crippen LogP contribution is -2.36. The van der Waals surface area contributed by atoms with Gasteiger partial charge in [-0.2, -0.15) is 4.31 Å². The van der Waals surface area contributed by atoms with E-state index in [1.165, 1.54) is 5.56 Å². The van der Waals surface area contributed by atoms with Crippen LogP contribution in [0.4, 0.5) is 0 Å². The highest BCUT2D eigenvalue weighted by molar-refractivity contribution is 7.89. The Bertz CT molecular complexity index is 1030. The van der Waals surface area contributed by atoms with Gasteiger partial charge in [-0.15, -0.1) is 0 Å². The van der Waals surface area contributed by atoms with Gasteiger partial charge in [-0.25, -0.2) is 8.42 Å². The van der Waals surface area contributed by atoms with Crippen molar-refractivity contribution in [1.29, 1.82) is 0 Å². The number of aryl methyl sites for hydroxylation is 1. The first-order chi connectivity index (χ1) is 12.6. The van der Waals surface area contributed by atoms with Crippen molar-refractivity contribution in [2.75, 3.05) is 6.54 Å². The average Bonchev–Trinajstić information content (AvgIpc) is 2.68. The van der Waals surface area contributed by atoms with Crippen LogP contribution in [0.3, 0.4) is 0 Å². The van der Waals surface area contributed by atoms with Crippen LogP contribution in [0.5, 0.6) is 0 Å². The molecule has 26 heavy (non-hydrogen) atoms. The van der Waals surface area contributed by atoms with Crippen molar-refractivity contribution in [2.24, 2.45) is 0 Å². The predicted octanol–water partition coefficient (Wildman–Crippen LogP) is 4.41. The van der Waals surface area contributed by atoms with Gasteiger partial charge in [-0.1, -0.05) is 66.2 Å². The van der Waals surface area contributed by atoms with Crippen LogP contribution < -0.4 is 0 Å². The molecule has 0 unspecified atom stereocenters. The van der Waals surface area contributed by atoms with E-state index in [-0.39, 0.29) is 0 Å². The normalized spacial score (nSPS) is 14.8. The molecular weight excluding hydrogens is 342 g/mol. The molecule has 0 spiro atoms. The second-order valence-electron chi connectivity index (χ2n) is 6.71. The minimum absolute atomic E-state index is 0.365. The number of nitrogens with zero attached hydrogens (tertiary/aromatic N) is 1. The largest absolute Gasteiger partial charge is 0.243 e. The minimum atomic E-state index is -3.49. The lowest BCUT2D eigenvalue weighted by Gasteiger charge is -2.29. The molecule has 132 valence electrons. The molecule has 0 bridgehead atoms. The van der Waals surface area contributed by atoms with Gasteiger partial charge < -0.3 is 0 Å². The molecular formula is C22H21NO2S. The fourth-order valence-electron chi connectivity index (χ4n) is 3.51. The maximum atomic E-state index is 13.1. The molecule has 3 nitrogen and oxygen atoms in total. The Hall–Kier alpha value is -2.43. The van der Waals surface area contributed by atoms with Gasteiger partial charge in [0.05, 0.1) is 4.90 Å². The summed E-state index contributed by atoms with van der Waals surface area (Å²) in [6, 6.07) is 23.5. The summed E-state index contributed by atoms with van der Waals surface area (Å²) in [5.41, 5.74) is 5.65. The summed E-state index contributed by atoms with van der Waals surface area (Å²) < 4.78 is 27.8. The zero-order valence-corrected chi connectivity index (χ0v) is 15.5. The molecule has 4 heteroatoms. The van der Waals surface area contributed by atoms with Crippen molar-refractivity contribution in [1.82, 2.24) is 4.31 Å². The quantitative estimate of drug-likeness (QED) is 0.691. The van der Waals surface area contributed by atoms with E-state index in [9.17, 15) is 8.42 Å². The number of fused-ring (bicyclic) bond motifs is 1. The maximum absolute atomic E-state index is 13.1.